The zero-order chi connectivity index (χ0) is 80.1. The van der Waals surface area contributed by atoms with Gasteiger partial charge in [0.25, 0.3) is 0 Å². The highest BCUT2D eigenvalue weighted by Crippen LogP contribution is 2.74. The van der Waals surface area contributed by atoms with Gasteiger partial charge in [0, 0.05) is 67.0 Å². The fraction of sp³-hybridized carbons (Fsp3) is 0.721. The Morgan fingerprint density at radius 1 is 0.413 bits per heavy atom. The average Bonchev–Trinajstić information content (AvgIpc) is 1.59. The average molecular weight is 1520 g/mol. The molecule has 16 aliphatic carbocycles. The van der Waals surface area contributed by atoms with E-state index in [1.807, 2.05) is 26.0 Å². The topological polar surface area (TPSA) is 400 Å². The lowest BCUT2D eigenvalue weighted by molar-refractivity contribution is -0.222. The molecular weight excluding hydrogens is 1410 g/mol. The number of ketones is 8. The van der Waals surface area contributed by atoms with E-state index in [1.165, 1.54) is 30.4 Å². The van der Waals surface area contributed by atoms with Crippen LogP contribution in [0.4, 0.5) is 8.78 Å². The van der Waals surface area contributed by atoms with Crippen LogP contribution in [0.2, 0.25) is 0 Å². The molecule has 0 heterocycles. The van der Waals surface area contributed by atoms with E-state index in [9.17, 15) is 105 Å². The molecule has 0 amide bonds. The van der Waals surface area contributed by atoms with E-state index >= 15 is 8.78 Å². The molecule has 0 aliphatic heterocycles. The highest BCUT2D eigenvalue weighted by Gasteiger charge is 2.79. The standard InChI is InChI=1S/C22H29FO5.C22H30O5.C21H27FO6.C21H28O5/c1-12-8-16-15-5-4-13-9-14(25)6-7-19(13,2)21(15,23)17(26)10-20(16,3)22(12,28)18(27)11-24;1-12-8-14-15-5-7-22(27,18(26)11-23)21(15,3)10-17(25)19(14)20(2)6-4-13(24)9-16(12)20;1-18-6-5-12(24)7-11(18)3-4-13-14-8-15(25)21(28,17(27)10-23)19(14,2)9-16(26)20(13,18)22;1-19-7-5-13(23)9-12(19)3-4-14-15-6-8-21(26,17(25)11-22)20(15,2)10-16(24)18(14)19/h6-7,9,12,15-17,24,26,28H,4-5,8,10-11H2,1-3H3;4,6,9,12,14-15,17,19,23,25,27H,5,7-8,10-11H2,1-3H3;5-7,13-16,23,25-26,28H,3-4,8-10H2,1-2H3;5,7,9,14-16,18,22,24,26H,3-4,6,8,10-11H2,1-2H3/t12-,15-,16-,17-,19-,20-,21-,22-;12-,14-,15-,17-,19+,20-,21-,22-;13-,14-,15+,16-,18-,19-,20-,21-;14-,15-,16-,18+,19-,20-,21-/m0000/s1. The van der Waals surface area contributed by atoms with Crippen LogP contribution < -0.4 is 0 Å². The number of carbonyl (C=O) groups is 8. The third-order valence-corrected chi connectivity index (χ3v) is 34.0. The van der Waals surface area contributed by atoms with Crippen molar-refractivity contribution in [3.8, 4) is 0 Å². The number of aliphatic hydroxyl groups excluding tert-OH is 9. The smallest absolute Gasteiger partial charge is 0.192 e. The summed E-state index contributed by atoms with van der Waals surface area (Å²) in [6.45, 7) is 15.6. The first kappa shape index (κ1) is 81.6. The number of aliphatic hydroxyl groups is 13. The van der Waals surface area contributed by atoms with Crippen LogP contribution in [-0.4, -0.2) is 203 Å². The van der Waals surface area contributed by atoms with Gasteiger partial charge in [-0.25, -0.2) is 8.78 Å². The fourth-order valence-corrected chi connectivity index (χ4v) is 28.4. The quantitative estimate of drug-likeness (QED) is 0.135. The maximum atomic E-state index is 16.9. The van der Waals surface area contributed by atoms with Crippen molar-refractivity contribution in [3.63, 3.8) is 0 Å². The lowest BCUT2D eigenvalue weighted by atomic mass is 9.44. The number of Topliss-reactive ketones (excluding diaryl/α,β-unsaturated/α-hetero) is 4. The summed E-state index contributed by atoms with van der Waals surface area (Å²) in [5.41, 5.74) is -14.4. The van der Waals surface area contributed by atoms with Crippen LogP contribution in [0.1, 0.15) is 178 Å². The predicted octanol–water partition coefficient (Wildman–Crippen LogP) is 5.88. The number of carbonyl (C=O) groups excluding carboxylic acids is 8. The SMILES string of the molecule is C[C@H]1C[C@@H]2[C@H]([C@@H](O)C[C@@]3(C)[C@H]2CC[C@]3(O)C(=O)CO)[C@@]2(C)C=CC(=O)C=C12.C[C@H]1C[C@H]2[C@@H]3CCC4=CC(=O)C=C[C@]4(C)[C@@]3(F)[C@@H](O)C[C@]2(C)[C@@]1(O)C(=O)CO.C[C@]12C=CC(=O)C=C1CC[C@@H]1[C@@H]2[C@@H](O)C[C@@]2(C)[C@H]1CC[C@]2(O)C(=O)CO.C[C@]12C=CC(=O)C=C1CC[C@H]1[C@@H]3C[C@@H](O)[C@](O)(C(=O)CO)[C@@]3(C)C[C@H](O)[C@@]12F. The highest BCUT2D eigenvalue weighted by molar-refractivity contribution is 6.03. The van der Waals surface area contributed by atoms with E-state index < -0.39 is 170 Å². The summed E-state index contributed by atoms with van der Waals surface area (Å²) >= 11 is 0. The number of hydrogen-bond donors (Lipinski definition) is 13. The molecule has 0 aromatic heterocycles. The van der Waals surface area contributed by atoms with Crippen molar-refractivity contribution in [3.05, 3.63) is 95.2 Å². The third-order valence-electron chi connectivity index (χ3n) is 34.0. The number of alkyl halides is 2. The molecule has 13 N–H and O–H groups in total. The second kappa shape index (κ2) is 26.9. The minimum absolute atomic E-state index is 0.00620. The summed E-state index contributed by atoms with van der Waals surface area (Å²) in [5, 5.41) is 138. The van der Waals surface area contributed by atoms with E-state index in [1.54, 1.807) is 65.0 Å². The molecule has 16 rings (SSSR count). The Morgan fingerprint density at radius 3 is 1.27 bits per heavy atom. The van der Waals surface area contributed by atoms with Crippen LogP contribution in [0.5, 0.6) is 0 Å². The van der Waals surface area contributed by atoms with E-state index in [2.05, 4.69) is 20.8 Å². The van der Waals surface area contributed by atoms with E-state index in [0.717, 1.165) is 43.3 Å². The summed E-state index contributed by atoms with van der Waals surface area (Å²) in [4.78, 5) is 97.1. The molecule has 0 aromatic rings. The predicted molar refractivity (Wildman–Crippen MR) is 391 cm³/mol. The summed E-state index contributed by atoms with van der Waals surface area (Å²) in [6, 6.07) is 0. The first-order valence-corrected chi connectivity index (χ1v) is 39.7. The number of fused-ring (bicyclic) bond motifs is 20. The summed E-state index contributed by atoms with van der Waals surface area (Å²) in [7, 11) is 0. The van der Waals surface area contributed by atoms with Crippen LogP contribution in [-0.2, 0) is 38.4 Å². The van der Waals surface area contributed by atoms with Crippen molar-refractivity contribution in [1.82, 2.24) is 0 Å². The van der Waals surface area contributed by atoms with Gasteiger partial charge in [0.1, 0.15) is 43.2 Å². The van der Waals surface area contributed by atoms with Crippen LogP contribution in [0.15, 0.2) is 95.2 Å². The van der Waals surface area contributed by atoms with Gasteiger partial charge in [-0.05, 0) is 219 Å². The lowest BCUT2D eigenvalue weighted by Crippen LogP contribution is -2.69. The molecule has 109 heavy (non-hydrogen) atoms. The molecule has 0 bridgehead atoms. The Balaban J connectivity index is 0.000000128. The third kappa shape index (κ3) is 10.7. The van der Waals surface area contributed by atoms with Gasteiger partial charge in [0.05, 0.1) is 30.5 Å². The van der Waals surface area contributed by atoms with Crippen molar-refractivity contribution >= 4 is 46.3 Å². The van der Waals surface area contributed by atoms with Crippen LogP contribution >= 0.6 is 0 Å². The molecule has 12 saturated carbocycles. The van der Waals surface area contributed by atoms with E-state index in [-0.39, 0.29) is 101 Å². The molecular formula is C86H114F2O21. The molecule has 21 nitrogen and oxygen atoms in total. The number of rotatable bonds is 8. The number of halogens is 2. The first-order chi connectivity index (χ1) is 50.7. The Hall–Kier alpha value is -5.38. The van der Waals surface area contributed by atoms with Crippen molar-refractivity contribution in [2.24, 2.45) is 114 Å². The summed E-state index contributed by atoms with van der Waals surface area (Å²) in [6.07, 6.45) is 20.9. The Labute approximate surface area is 635 Å². The van der Waals surface area contributed by atoms with Crippen molar-refractivity contribution < 1.29 is 114 Å². The van der Waals surface area contributed by atoms with E-state index in [4.69, 9.17) is 0 Å². The van der Waals surface area contributed by atoms with Crippen molar-refractivity contribution in [1.29, 1.82) is 0 Å². The van der Waals surface area contributed by atoms with Gasteiger partial charge in [-0.2, -0.15) is 0 Å². The molecule has 0 spiro atoms. The van der Waals surface area contributed by atoms with Gasteiger partial charge in [0.2, 0.25) is 0 Å². The largest absolute Gasteiger partial charge is 0.393 e. The van der Waals surface area contributed by atoms with Crippen molar-refractivity contribution in [2.75, 3.05) is 26.4 Å². The fourth-order valence-electron chi connectivity index (χ4n) is 28.4. The van der Waals surface area contributed by atoms with Gasteiger partial charge < -0.3 is 66.4 Å². The van der Waals surface area contributed by atoms with Gasteiger partial charge in [-0.1, -0.05) is 102 Å². The normalized spacial score (nSPS) is 51.6. The zero-order valence-corrected chi connectivity index (χ0v) is 64.4. The monoisotopic (exact) mass is 1520 g/mol. The Morgan fingerprint density at radius 2 is 0.798 bits per heavy atom. The van der Waals surface area contributed by atoms with Gasteiger partial charge in [-0.15, -0.1) is 0 Å². The molecule has 16 aliphatic rings. The van der Waals surface area contributed by atoms with Crippen molar-refractivity contribution in [2.45, 2.75) is 243 Å². The maximum absolute atomic E-state index is 16.9. The highest BCUT2D eigenvalue weighted by atomic mass is 19.1. The Bertz CT molecular complexity index is 3980. The minimum Gasteiger partial charge on any atom is -0.393 e. The molecule has 598 valence electrons. The molecule has 31 atom stereocenters. The maximum Gasteiger partial charge on any atom is 0.192 e. The molecule has 23 heteroatoms. The zero-order valence-electron chi connectivity index (χ0n) is 64.4. The summed E-state index contributed by atoms with van der Waals surface area (Å²) < 4.78 is 33.6. The molecule has 12 fully saturated rings. The molecule has 0 unspecified atom stereocenters. The summed E-state index contributed by atoms with van der Waals surface area (Å²) in [5.74, 6) is -4.80. The van der Waals surface area contributed by atoms with Crippen LogP contribution in [0, 0.1) is 114 Å². The second-order valence-electron chi connectivity index (χ2n) is 38.0. The van der Waals surface area contributed by atoms with Gasteiger partial charge in [-0.3, -0.25) is 38.4 Å². The Kier molecular flexibility index (Phi) is 20.1. The second-order valence-corrected chi connectivity index (χ2v) is 38.0. The van der Waals surface area contributed by atoms with Gasteiger partial charge >= 0.3 is 0 Å². The number of allylic oxidation sites excluding steroid dienone is 16. The van der Waals surface area contributed by atoms with Crippen LogP contribution in [0.25, 0.3) is 0 Å². The lowest BCUT2D eigenvalue weighted by Gasteiger charge is -2.62. The molecule has 0 radical (unpaired) electrons. The molecule has 0 saturated heterocycles. The van der Waals surface area contributed by atoms with Gasteiger partial charge in [0.15, 0.2) is 63.2 Å². The van der Waals surface area contributed by atoms with Crippen LogP contribution in [0.3, 0.4) is 0 Å². The molecule has 0 aromatic carbocycles. The first-order valence-electron chi connectivity index (χ1n) is 39.7. The van der Waals surface area contributed by atoms with E-state index in [0.29, 0.717) is 68.9 Å². The number of hydrogen-bond acceptors (Lipinski definition) is 21. The minimum atomic E-state index is -2.23.